The third kappa shape index (κ3) is 7.03. The second-order valence-corrected chi connectivity index (χ2v) is 10.5. The Morgan fingerprint density at radius 1 is 1.08 bits per heavy atom. The molecule has 1 fully saturated rings. The van der Waals surface area contributed by atoms with Gasteiger partial charge in [0.2, 0.25) is 5.91 Å². The first-order chi connectivity index (χ1) is 17.7. The largest absolute Gasteiger partial charge is 0.457 e. The Labute approximate surface area is 233 Å². The number of amides is 3. The van der Waals surface area contributed by atoms with Gasteiger partial charge in [-0.15, -0.1) is 0 Å². The van der Waals surface area contributed by atoms with Crippen molar-refractivity contribution in [2.45, 2.75) is 13.0 Å². The lowest BCUT2D eigenvalue weighted by Gasteiger charge is -2.20. The molecule has 1 saturated heterocycles. The number of hydrogen-bond acceptors (Lipinski definition) is 4. The molecule has 0 spiro atoms. The van der Waals surface area contributed by atoms with Gasteiger partial charge < -0.3 is 19.9 Å². The monoisotopic (exact) mass is 603 g/mol. The average molecular weight is 605 g/mol. The van der Waals surface area contributed by atoms with Crippen molar-refractivity contribution in [3.63, 3.8) is 0 Å². The quantitative estimate of drug-likeness (QED) is 0.352. The van der Waals surface area contributed by atoms with Crippen LogP contribution in [0, 0.1) is 5.92 Å². The van der Waals surface area contributed by atoms with Crippen LogP contribution in [0.1, 0.15) is 12.0 Å². The highest BCUT2D eigenvalue weighted by Gasteiger charge is 2.31. The van der Waals surface area contributed by atoms with E-state index < -0.39 is 11.8 Å². The third-order valence-corrected chi connectivity index (χ3v) is 6.88. The maximum absolute atomic E-state index is 12.8. The van der Waals surface area contributed by atoms with Crippen molar-refractivity contribution in [1.29, 1.82) is 0 Å². The second kappa shape index (κ2) is 12.0. The molecule has 10 heteroatoms. The van der Waals surface area contributed by atoms with Crippen LogP contribution in [0.25, 0.3) is 0 Å². The normalized spacial score (nSPS) is 15.0. The molecular formula is C27H24BrCl2N3O4. The number of nitrogens with one attached hydrogen (secondary N) is 1. The Kier molecular flexibility index (Phi) is 8.74. The van der Waals surface area contributed by atoms with Gasteiger partial charge in [-0.1, -0.05) is 51.3 Å². The molecule has 192 valence electrons. The molecule has 0 aromatic heterocycles. The highest BCUT2D eigenvalue weighted by atomic mass is 79.9. The first kappa shape index (κ1) is 27.0. The van der Waals surface area contributed by atoms with Gasteiger partial charge in [0.15, 0.2) is 0 Å². The number of nitrogens with zero attached hydrogens (tertiary/aromatic N) is 2. The van der Waals surface area contributed by atoms with E-state index in [1.165, 1.54) is 4.90 Å². The molecule has 0 saturated carbocycles. The molecule has 1 aliphatic rings. The van der Waals surface area contributed by atoms with E-state index in [0.717, 1.165) is 10.2 Å². The zero-order valence-electron chi connectivity index (χ0n) is 19.9. The summed E-state index contributed by atoms with van der Waals surface area (Å²) in [6.07, 6.45) is 0.288. The van der Waals surface area contributed by atoms with E-state index in [0.29, 0.717) is 33.7 Å². The van der Waals surface area contributed by atoms with Gasteiger partial charge >= 0.3 is 11.8 Å². The topological polar surface area (TPSA) is 79.0 Å². The summed E-state index contributed by atoms with van der Waals surface area (Å²) in [6, 6.07) is 19.5. The minimum atomic E-state index is -0.727. The van der Waals surface area contributed by atoms with Crippen LogP contribution in [0.4, 0.5) is 5.69 Å². The first-order valence-electron chi connectivity index (χ1n) is 11.5. The van der Waals surface area contributed by atoms with Gasteiger partial charge in [-0.05, 0) is 54.6 Å². The fourth-order valence-corrected chi connectivity index (χ4v) is 4.66. The van der Waals surface area contributed by atoms with E-state index >= 15 is 0 Å². The van der Waals surface area contributed by atoms with Crippen molar-refractivity contribution < 1.29 is 19.1 Å². The molecule has 0 aliphatic carbocycles. The van der Waals surface area contributed by atoms with E-state index in [4.69, 9.17) is 27.9 Å². The number of anilines is 1. The van der Waals surface area contributed by atoms with Crippen LogP contribution in [-0.2, 0) is 20.9 Å². The van der Waals surface area contributed by atoms with Crippen molar-refractivity contribution in [3.05, 3.63) is 86.8 Å². The fraction of sp³-hybridized carbons (Fsp3) is 0.222. The van der Waals surface area contributed by atoms with Crippen molar-refractivity contribution in [2.75, 3.05) is 25.0 Å². The predicted octanol–water partition coefficient (Wildman–Crippen LogP) is 5.68. The van der Waals surface area contributed by atoms with Crippen LogP contribution in [0.15, 0.2) is 71.2 Å². The lowest BCUT2D eigenvalue weighted by molar-refractivity contribution is -0.145. The number of likely N-dealkylation sites (N-methyl/N-ethyl adjacent to an activating group) is 1. The van der Waals surface area contributed by atoms with Crippen LogP contribution in [0.5, 0.6) is 11.5 Å². The Balaban J connectivity index is 1.33. The standard InChI is InChI=1S/C27H24BrCl2N3O4/c1-32(16-18-5-6-19(28)12-24(18)37-23-4-2-3-21(30)13-23)27(36)26(35)31-14-17-11-25(34)33(15-17)22-9-7-20(29)8-10-22/h2-10,12-13,17H,11,14-16H2,1H3,(H,31,35). The van der Waals surface area contributed by atoms with Crippen molar-refractivity contribution in [3.8, 4) is 11.5 Å². The number of benzene rings is 3. The summed E-state index contributed by atoms with van der Waals surface area (Å²) >= 11 is 15.4. The number of carbonyl (C=O) groups excluding carboxylic acids is 3. The van der Waals surface area contributed by atoms with Crippen molar-refractivity contribution >= 4 is 62.5 Å². The van der Waals surface area contributed by atoms with Crippen LogP contribution in [0.2, 0.25) is 10.0 Å². The average Bonchev–Trinajstić information content (AvgIpc) is 3.24. The molecule has 7 nitrogen and oxygen atoms in total. The number of halogens is 3. The van der Waals surface area contributed by atoms with E-state index in [2.05, 4.69) is 21.2 Å². The summed E-state index contributed by atoms with van der Waals surface area (Å²) in [5.74, 6) is -0.465. The van der Waals surface area contributed by atoms with E-state index in [-0.39, 0.29) is 31.3 Å². The van der Waals surface area contributed by atoms with Gasteiger partial charge in [-0.25, -0.2) is 0 Å². The summed E-state index contributed by atoms with van der Waals surface area (Å²) in [7, 11) is 1.55. The molecule has 1 N–H and O–H groups in total. The molecule has 0 bridgehead atoms. The highest BCUT2D eigenvalue weighted by molar-refractivity contribution is 9.10. The molecule has 3 aromatic rings. The van der Waals surface area contributed by atoms with Gasteiger partial charge in [-0.3, -0.25) is 14.4 Å². The highest BCUT2D eigenvalue weighted by Crippen LogP contribution is 2.31. The molecule has 1 atom stereocenters. The van der Waals surface area contributed by atoms with Gasteiger partial charge in [0, 0.05) is 64.8 Å². The molecule has 4 rings (SSSR count). The van der Waals surface area contributed by atoms with Crippen molar-refractivity contribution in [2.24, 2.45) is 5.92 Å². The Bertz CT molecular complexity index is 1320. The maximum atomic E-state index is 12.8. The zero-order valence-corrected chi connectivity index (χ0v) is 23.0. The minimum Gasteiger partial charge on any atom is -0.457 e. The molecule has 3 aromatic carbocycles. The molecular weight excluding hydrogens is 581 g/mol. The fourth-order valence-electron chi connectivity index (χ4n) is 4.01. The van der Waals surface area contributed by atoms with Crippen LogP contribution < -0.4 is 15.0 Å². The third-order valence-electron chi connectivity index (χ3n) is 5.90. The number of rotatable bonds is 7. The minimum absolute atomic E-state index is 0.0347. The molecule has 1 unspecified atom stereocenters. The molecule has 3 amide bonds. The van der Waals surface area contributed by atoms with E-state index in [1.54, 1.807) is 66.5 Å². The first-order valence-corrected chi connectivity index (χ1v) is 13.1. The smallest absolute Gasteiger partial charge is 0.311 e. The van der Waals surface area contributed by atoms with E-state index in [9.17, 15) is 14.4 Å². The van der Waals surface area contributed by atoms with E-state index in [1.807, 2.05) is 12.1 Å². The number of ether oxygens (including phenoxy) is 1. The molecule has 1 aliphatic heterocycles. The summed E-state index contributed by atoms with van der Waals surface area (Å²) < 4.78 is 6.80. The number of hydrogen-bond donors (Lipinski definition) is 1. The molecule has 0 radical (unpaired) electrons. The summed E-state index contributed by atoms with van der Waals surface area (Å²) in [5.41, 5.74) is 1.47. The van der Waals surface area contributed by atoms with Crippen LogP contribution >= 0.6 is 39.1 Å². The molecule has 37 heavy (non-hydrogen) atoms. The maximum Gasteiger partial charge on any atom is 0.311 e. The SMILES string of the molecule is CN(Cc1ccc(Br)cc1Oc1cccc(Cl)c1)C(=O)C(=O)NCC1CC(=O)N(c2ccc(Cl)cc2)C1. The summed E-state index contributed by atoms with van der Waals surface area (Å²) in [6.45, 7) is 0.825. The Morgan fingerprint density at radius 3 is 2.57 bits per heavy atom. The second-order valence-electron chi connectivity index (χ2n) is 8.73. The number of carbonyl (C=O) groups is 3. The van der Waals surface area contributed by atoms with Gasteiger partial charge in [0.25, 0.3) is 0 Å². The lowest BCUT2D eigenvalue weighted by Crippen LogP contribution is -2.42. The zero-order chi connectivity index (χ0) is 26.5. The van der Waals surface area contributed by atoms with Crippen LogP contribution in [0.3, 0.4) is 0 Å². The lowest BCUT2D eigenvalue weighted by atomic mass is 10.1. The molecule has 1 heterocycles. The predicted molar refractivity (Wildman–Crippen MR) is 147 cm³/mol. The Hall–Kier alpha value is -3.07. The Morgan fingerprint density at radius 2 is 1.84 bits per heavy atom. The van der Waals surface area contributed by atoms with Gasteiger partial charge in [-0.2, -0.15) is 0 Å². The van der Waals surface area contributed by atoms with Crippen molar-refractivity contribution in [1.82, 2.24) is 10.2 Å². The summed E-state index contributed by atoms with van der Waals surface area (Å²) in [5, 5.41) is 3.81. The van der Waals surface area contributed by atoms with Crippen LogP contribution in [-0.4, -0.2) is 42.8 Å². The summed E-state index contributed by atoms with van der Waals surface area (Å²) in [4.78, 5) is 40.8. The van der Waals surface area contributed by atoms with Gasteiger partial charge in [0.05, 0.1) is 0 Å². The van der Waals surface area contributed by atoms with Gasteiger partial charge in [0.1, 0.15) is 11.5 Å².